The van der Waals surface area contributed by atoms with Gasteiger partial charge in [-0.3, -0.25) is 9.59 Å². The number of carboxylic acid groups (broad SMARTS) is 1. The highest BCUT2D eigenvalue weighted by molar-refractivity contribution is 5.72. The number of rotatable bonds is 35. The van der Waals surface area contributed by atoms with Crippen molar-refractivity contribution < 1.29 is 38.2 Å². The first-order valence-corrected chi connectivity index (χ1v) is 19.9. The van der Waals surface area contributed by atoms with Gasteiger partial charge >= 0.3 is 17.9 Å². The van der Waals surface area contributed by atoms with E-state index < -0.39 is 18.1 Å². The minimum absolute atomic E-state index is 0.0500. The minimum atomic E-state index is -0.880. The molecule has 0 aliphatic carbocycles. The first kappa shape index (κ1) is 46.8. The summed E-state index contributed by atoms with van der Waals surface area (Å²) in [7, 11) is 5.50. The van der Waals surface area contributed by atoms with Crippen LogP contribution in [0.4, 0.5) is 0 Å². The number of quaternary nitrogens is 1. The molecule has 0 amide bonds. The summed E-state index contributed by atoms with van der Waals surface area (Å²) in [5.74, 6) is -1.54. The summed E-state index contributed by atoms with van der Waals surface area (Å²) >= 11 is 0. The molecule has 0 saturated heterocycles. The molecule has 8 heteroatoms. The van der Waals surface area contributed by atoms with Gasteiger partial charge in [-0.15, -0.1) is 0 Å². The quantitative estimate of drug-likeness (QED) is 0.0305. The average molecular weight is 695 g/mol. The molecule has 0 saturated carbocycles. The lowest BCUT2D eigenvalue weighted by molar-refractivity contribution is -0.887. The van der Waals surface area contributed by atoms with Gasteiger partial charge in [-0.05, 0) is 51.4 Å². The number of likely N-dealkylation sites (N-methyl/N-ethyl adjacent to an activating group) is 1. The van der Waals surface area contributed by atoms with E-state index in [0.717, 1.165) is 25.7 Å². The van der Waals surface area contributed by atoms with E-state index in [1.807, 2.05) is 27.2 Å². The zero-order valence-corrected chi connectivity index (χ0v) is 32.4. The van der Waals surface area contributed by atoms with Gasteiger partial charge < -0.3 is 23.8 Å². The number of aliphatic carboxylic acids is 1. The van der Waals surface area contributed by atoms with Crippen molar-refractivity contribution in [3.8, 4) is 0 Å². The van der Waals surface area contributed by atoms with Crippen molar-refractivity contribution in [2.75, 3.05) is 41.0 Å². The van der Waals surface area contributed by atoms with Crippen LogP contribution in [0.15, 0.2) is 24.3 Å². The van der Waals surface area contributed by atoms with Crippen molar-refractivity contribution in [1.29, 1.82) is 0 Å². The van der Waals surface area contributed by atoms with Crippen LogP contribution in [0, 0.1) is 0 Å². The Balaban J connectivity index is 4.36. The minimum Gasteiger partial charge on any atom is -0.477 e. The lowest BCUT2D eigenvalue weighted by atomic mass is 10.1. The summed E-state index contributed by atoms with van der Waals surface area (Å²) in [6, 6.07) is -0.616. The fourth-order valence-electron chi connectivity index (χ4n) is 5.69. The molecule has 0 aliphatic heterocycles. The summed E-state index contributed by atoms with van der Waals surface area (Å²) in [5, 5.41) is 9.57. The molecular weight excluding hydrogens is 618 g/mol. The predicted molar refractivity (Wildman–Crippen MR) is 202 cm³/mol. The molecule has 0 spiro atoms. The number of esters is 2. The standard InChI is InChI=1S/C41H75NO7/c1-6-8-10-12-14-16-17-18-19-20-21-22-23-24-26-28-30-32-40(44)49-37(35-47-34-33-38(41(45)46)42(3,4)5)36-48-39(43)31-29-27-25-15-13-11-9-7-2/h18-19,25,27,37-38H,6-17,20-24,26,28-36H2,1-5H3/p+1/b19-18+,27-25+. The van der Waals surface area contributed by atoms with Gasteiger partial charge in [-0.2, -0.15) is 0 Å². The summed E-state index contributed by atoms with van der Waals surface area (Å²) in [5.41, 5.74) is 0. The van der Waals surface area contributed by atoms with Crippen LogP contribution in [0.1, 0.15) is 168 Å². The molecule has 0 aromatic heterocycles. The number of carbonyl (C=O) groups is 3. The molecule has 286 valence electrons. The van der Waals surface area contributed by atoms with Crippen LogP contribution in [-0.4, -0.2) is 80.6 Å². The topological polar surface area (TPSA) is 99.1 Å². The largest absolute Gasteiger partial charge is 0.477 e. The van der Waals surface area contributed by atoms with Gasteiger partial charge in [-0.25, -0.2) is 4.79 Å². The summed E-state index contributed by atoms with van der Waals surface area (Å²) in [6.07, 6.45) is 33.8. The van der Waals surface area contributed by atoms with Crippen LogP contribution in [0.25, 0.3) is 0 Å². The number of hydrogen-bond donors (Lipinski definition) is 1. The SMILES string of the molecule is CCCCCC/C=C/CCC(=O)OCC(COCCC(C(=O)O)[N+](C)(C)C)OC(=O)CCCCCCCCC/C=C/CCCCCCCC. The molecular formula is C41H76NO7+. The Hall–Kier alpha value is -2.19. The van der Waals surface area contributed by atoms with Crippen LogP contribution >= 0.6 is 0 Å². The van der Waals surface area contributed by atoms with Gasteiger partial charge in [0.2, 0.25) is 0 Å². The molecule has 49 heavy (non-hydrogen) atoms. The Morgan fingerprint density at radius 2 is 1.06 bits per heavy atom. The zero-order chi connectivity index (χ0) is 36.4. The second-order valence-corrected chi connectivity index (χ2v) is 14.5. The lowest BCUT2D eigenvalue weighted by Gasteiger charge is -2.31. The van der Waals surface area contributed by atoms with E-state index >= 15 is 0 Å². The number of carbonyl (C=O) groups excluding carboxylic acids is 2. The van der Waals surface area contributed by atoms with E-state index in [2.05, 4.69) is 32.1 Å². The van der Waals surface area contributed by atoms with Crippen LogP contribution in [-0.2, 0) is 28.6 Å². The highest BCUT2D eigenvalue weighted by Gasteiger charge is 2.31. The van der Waals surface area contributed by atoms with Crippen molar-refractivity contribution in [1.82, 2.24) is 0 Å². The van der Waals surface area contributed by atoms with E-state index in [0.29, 0.717) is 19.3 Å². The Morgan fingerprint density at radius 1 is 0.592 bits per heavy atom. The zero-order valence-electron chi connectivity index (χ0n) is 32.4. The van der Waals surface area contributed by atoms with Gasteiger partial charge in [0.1, 0.15) is 6.61 Å². The van der Waals surface area contributed by atoms with Crippen LogP contribution in [0.3, 0.4) is 0 Å². The Morgan fingerprint density at radius 3 is 1.57 bits per heavy atom. The van der Waals surface area contributed by atoms with Gasteiger partial charge in [0.25, 0.3) is 0 Å². The van der Waals surface area contributed by atoms with Gasteiger partial charge in [0.05, 0.1) is 34.4 Å². The van der Waals surface area contributed by atoms with Gasteiger partial charge in [0.15, 0.2) is 12.1 Å². The smallest absolute Gasteiger partial charge is 0.362 e. The van der Waals surface area contributed by atoms with E-state index in [1.54, 1.807) is 0 Å². The van der Waals surface area contributed by atoms with E-state index in [9.17, 15) is 19.5 Å². The third-order valence-corrected chi connectivity index (χ3v) is 8.84. The molecule has 2 unspecified atom stereocenters. The summed E-state index contributed by atoms with van der Waals surface area (Å²) in [4.78, 5) is 36.7. The second kappa shape index (κ2) is 33.0. The third-order valence-electron chi connectivity index (χ3n) is 8.84. The Labute approximate surface area is 301 Å². The number of nitrogens with zero attached hydrogens (tertiary/aromatic N) is 1. The highest BCUT2D eigenvalue weighted by Crippen LogP contribution is 2.13. The normalized spacial score (nSPS) is 13.2. The molecule has 0 fully saturated rings. The highest BCUT2D eigenvalue weighted by atomic mass is 16.6. The van der Waals surface area contributed by atoms with Gasteiger partial charge in [-0.1, -0.05) is 122 Å². The van der Waals surface area contributed by atoms with Crippen molar-refractivity contribution in [2.24, 2.45) is 0 Å². The molecule has 0 radical (unpaired) electrons. The number of unbranched alkanes of at least 4 members (excludes halogenated alkanes) is 17. The van der Waals surface area contributed by atoms with Crippen molar-refractivity contribution >= 4 is 17.9 Å². The van der Waals surface area contributed by atoms with Crippen LogP contribution in [0.5, 0.6) is 0 Å². The Bertz CT molecular complexity index is 864. The maximum atomic E-state index is 12.6. The molecule has 0 aromatic carbocycles. The van der Waals surface area contributed by atoms with E-state index in [1.165, 1.54) is 103 Å². The lowest BCUT2D eigenvalue weighted by Crippen LogP contribution is -2.50. The number of hydrogen-bond acceptors (Lipinski definition) is 6. The Kier molecular flexibility index (Phi) is 31.5. The van der Waals surface area contributed by atoms with Crippen molar-refractivity contribution in [2.45, 2.75) is 180 Å². The first-order valence-electron chi connectivity index (χ1n) is 19.9. The molecule has 0 aliphatic rings. The first-order chi connectivity index (χ1) is 23.6. The second-order valence-electron chi connectivity index (χ2n) is 14.5. The van der Waals surface area contributed by atoms with E-state index in [-0.39, 0.29) is 42.7 Å². The molecule has 2 atom stereocenters. The third kappa shape index (κ3) is 31.5. The maximum absolute atomic E-state index is 12.6. The van der Waals surface area contributed by atoms with Gasteiger partial charge in [0, 0.05) is 19.3 Å². The maximum Gasteiger partial charge on any atom is 0.362 e. The fourth-order valence-corrected chi connectivity index (χ4v) is 5.69. The average Bonchev–Trinajstić information content (AvgIpc) is 3.05. The molecule has 0 bridgehead atoms. The number of ether oxygens (including phenoxy) is 3. The monoisotopic (exact) mass is 695 g/mol. The summed E-state index contributed by atoms with van der Waals surface area (Å²) in [6.45, 7) is 4.63. The van der Waals surface area contributed by atoms with Crippen molar-refractivity contribution in [3.05, 3.63) is 24.3 Å². The predicted octanol–water partition coefficient (Wildman–Crippen LogP) is 10.1. The molecule has 0 rings (SSSR count). The van der Waals surface area contributed by atoms with E-state index in [4.69, 9.17) is 14.2 Å². The fraction of sp³-hybridized carbons (Fsp3) is 0.829. The number of allylic oxidation sites excluding steroid dienone is 4. The molecule has 1 N–H and O–H groups in total. The van der Waals surface area contributed by atoms with Crippen LogP contribution in [0.2, 0.25) is 0 Å². The molecule has 0 aromatic rings. The molecule has 8 nitrogen and oxygen atoms in total. The number of carboxylic acids is 1. The van der Waals surface area contributed by atoms with Crippen LogP contribution < -0.4 is 0 Å². The van der Waals surface area contributed by atoms with Crippen molar-refractivity contribution in [3.63, 3.8) is 0 Å². The molecule has 0 heterocycles. The summed E-state index contributed by atoms with van der Waals surface area (Å²) < 4.78 is 17.1.